The van der Waals surface area contributed by atoms with Crippen LogP contribution >= 0.6 is 0 Å². The van der Waals surface area contributed by atoms with Crippen molar-refractivity contribution in [3.8, 4) is 0 Å². The summed E-state index contributed by atoms with van der Waals surface area (Å²) in [5.41, 5.74) is 0. The summed E-state index contributed by atoms with van der Waals surface area (Å²) in [6.45, 7) is 11.4. The summed E-state index contributed by atoms with van der Waals surface area (Å²) >= 11 is 0. The highest BCUT2D eigenvalue weighted by Gasteiger charge is 2.19. The molecule has 0 amide bonds. The van der Waals surface area contributed by atoms with Crippen molar-refractivity contribution >= 4 is 17.9 Å². The summed E-state index contributed by atoms with van der Waals surface area (Å²) in [4.78, 5) is 38.1. The number of hydrogen-bond donors (Lipinski definition) is 0. The predicted molar refractivity (Wildman–Crippen MR) is 270 cm³/mol. The molecule has 0 aliphatic rings. The van der Waals surface area contributed by atoms with Gasteiger partial charge in [-0.2, -0.15) is 0 Å². The molecule has 0 aliphatic heterocycles. The SMILES string of the molecule is CCCCCCCCCCCCCCCCCCC(=O)O[C@@H](COC(=O)CCCCCCCCCCCCCCC(C)C)COC(=O)CCCCCCCCCCCCC(C)CC. The van der Waals surface area contributed by atoms with Gasteiger partial charge >= 0.3 is 17.9 Å². The highest BCUT2D eigenvalue weighted by Crippen LogP contribution is 2.18. The van der Waals surface area contributed by atoms with Crippen LogP contribution < -0.4 is 0 Å². The van der Waals surface area contributed by atoms with Crippen molar-refractivity contribution in [2.45, 2.75) is 323 Å². The van der Waals surface area contributed by atoms with Gasteiger partial charge in [-0.25, -0.2) is 0 Å². The van der Waals surface area contributed by atoms with Crippen molar-refractivity contribution in [3.63, 3.8) is 0 Å². The van der Waals surface area contributed by atoms with E-state index in [9.17, 15) is 14.4 Å². The van der Waals surface area contributed by atoms with Crippen molar-refractivity contribution in [2.24, 2.45) is 11.8 Å². The van der Waals surface area contributed by atoms with Crippen molar-refractivity contribution in [2.75, 3.05) is 13.2 Å². The Morgan fingerprint density at radius 2 is 0.603 bits per heavy atom. The van der Waals surface area contributed by atoms with Crippen LogP contribution in [0.3, 0.4) is 0 Å². The summed E-state index contributed by atoms with van der Waals surface area (Å²) in [5.74, 6) is 0.862. The first kappa shape index (κ1) is 61.4. The van der Waals surface area contributed by atoms with Crippen molar-refractivity contribution in [1.29, 1.82) is 0 Å². The lowest BCUT2D eigenvalue weighted by molar-refractivity contribution is -0.167. The minimum Gasteiger partial charge on any atom is -0.462 e. The number of carbonyl (C=O) groups excluding carboxylic acids is 3. The van der Waals surface area contributed by atoms with Crippen LogP contribution in [0.2, 0.25) is 0 Å². The highest BCUT2D eigenvalue weighted by molar-refractivity contribution is 5.71. The standard InChI is InChI=1S/C57H110O6/c1-6-8-9-10-11-12-13-14-15-16-17-22-29-34-39-44-49-57(60)63-54(51-62-56(59)48-43-38-33-28-24-23-26-31-36-41-46-53(5)7-2)50-61-55(58)47-42-37-32-27-21-19-18-20-25-30-35-40-45-52(3)4/h52-54H,6-51H2,1-5H3/t53?,54-/m0/s1. The first-order valence-electron chi connectivity index (χ1n) is 28.3. The van der Waals surface area contributed by atoms with Gasteiger partial charge in [0.25, 0.3) is 0 Å². The lowest BCUT2D eigenvalue weighted by Crippen LogP contribution is -2.30. The fraction of sp³-hybridized carbons (Fsp3) is 0.947. The van der Waals surface area contributed by atoms with Crippen molar-refractivity contribution in [1.82, 2.24) is 0 Å². The Balaban J connectivity index is 4.32. The molecule has 0 rings (SSSR count). The zero-order valence-electron chi connectivity index (χ0n) is 43.2. The molecule has 0 radical (unpaired) electrons. The molecule has 0 heterocycles. The molecule has 0 aliphatic carbocycles. The lowest BCUT2D eigenvalue weighted by Gasteiger charge is -2.18. The van der Waals surface area contributed by atoms with Crippen LogP contribution in [0.5, 0.6) is 0 Å². The molecule has 6 nitrogen and oxygen atoms in total. The summed E-state index contributed by atoms with van der Waals surface area (Å²) < 4.78 is 16.9. The lowest BCUT2D eigenvalue weighted by atomic mass is 9.99. The molecule has 0 saturated carbocycles. The topological polar surface area (TPSA) is 78.9 Å². The molecule has 6 heteroatoms. The summed E-state index contributed by atoms with van der Waals surface area (Å²) in [6, 6.07) is 0. The normalized spacial score (nSPS) is 12.5. The van der Waals surface area contributed by atoms with Crippen LogP contribution in [0.25, 0.3) is 0 Å². The maximum Gasteiger partial charge on any atom is 0.306 e. The molecular weight excluding hydrogens is 781 g/mol. The molecule has 0 aromatic carbocycles. The van der Waals surface area contributed by atoms with Gasteiger partial charge in [0.05, 0.1) is 0 Å². The van der Waals surface area contributed by atoms with Crippen molar-refractivity contribution < 1.29 is 28.6 Å². The van der Waals surface area contributed by atoms with Gasteiger partial charge in [-0.1, -0.05) is 279 Å². The minimum atomic E-state index is -0.762. The van der Waals surface area contributed by atoms with E-state index in [-0.39, 0.29) is 31.1 Å². The number of carbonyl (C=O) groups is 3. The molecule has 63 heavy (non-hydrogen) atoms. The van der Waals surface area contributed by atoms with Gasteiger partial charge in [-0.3, -0.25) is 14.4 Å². The van der Waals surface area contributed by atoms with Gasteiger partial charge in [0.15, 0.2) is 6.10 Å². The van der Waals surface area contributed by atoms with Crippen molar-refractivity contribution in [3.05, 3.63) is 0 Å². The zero-order chi connectivity index (χ0) is 46.1. The second-order valence-electron chi connectivity index (χ2n) is 20.3. The Hall–Kier alpha value is -1.59. The van der Waals surface area contributed by atoms with Gasteiger partial charge in [0.1, 0.15) is 13.2 Å². The van der Waals surface area contributed by atoms with Gasteiger partial charge < -0.3 is 14.2 Å². The van der Waals surface area contributed by atoms with E-state index in [1.165, 1.54) is 205 Å². The van der Waals surface area contributed by atoms with Crippen LogP contribution in [0.15, 0.2) is 0 Å². The highest BCUT2D eigenvalue weighted by atomic mass is 16.6. The van der Waals surface area contributed by atoms with Gasteiger partial charge in [0, 0.05) is 19.3 Å². The van der Waals surface area contributed by atoms with E-state index in [2.05, 4.69) is 34.6 Å². The number of hydrogen-bond acceptors (Lipinski definition) is 6. The quantitative estimate of drug-likeness (QED) is 0.0344. The van der Waals surface area contributed by atoms with Gasteiger partial charge in [0.2, 0.25) is 0 Å². The largest absolute Gasteiger partial charge is 0.462 e. The molecular formula is C57H110O6. The van der Waals surface area contributed by atoms with Gasteiger partial charge in [-0.05, 0) is 31.1 Å². The molecule has 1 unspecified atom stereocenters. The summed E-state index contributed by atoms with van der Waals surface area (Å²) in [7, 11) is 0. The Morgan fingerprint density at radius 1 is 0.333 bits per heavy atom. The second kappa shape index (κ2) is 49.8. The number of ether oxygens (including phenoxy) is 3. The van der Waals surface area contributed by atoms with E-state index >= 15 is 0 Å². The zero-order valence-corrected chi connectivity index (χ0v) is 43.2. The summed E-state index contributed by atoms with van der Waals surface area (Å²) in [5, 5.41) is 0. The van der Waals surface area contributed by atoms with Crippen LogP contribution in [0.1, 0.15) is 317 Å². The minimum absolute atomic E-state index is 0.0631. The Morgan fingerprint density at radius 3 is 0.905 bits per heavy atom. The molecule has 0 spiro atoms. The Bertz CT molecular complexity index is 964. The van der Waals surface area contributed by atoms with E-state index < -0.39 is 6.10 Å². The molecule has 2 atom stereocenters. The third-order valence-corrected chi connectivity index (χ3v) is 13.3. The number of rotatable bonds is 51. The average Bonchev–Trinajstić information content (AvgIpc) is 3.27. The van der Waals surface area contributed by atoms with Crippen LogP contribution in [0, 0.1) is 11.8 Å². The van der Waals surface area contributed by atoms with E-state index in [0.29, 0.717) is 19.3 Å². The van der Waals surface area contributed by atoms with E-state index in [0.717, 1.165) is 69.6 Å². The molecule has 0 bridgehead atoms. The molecule has 0 aromatic rings. The third-order valence-electron chi connectivity index (χ3n) is 13.3. The maximum absolute atomic E-state index is 12.8. The maximum atomic E-state index is 12.8. The molecule has 0 aromatic heterocycles. The van der Waals surface area contributed by atoms with Crippen LogP contribution in [0.4, 0.5) is 0 Å². The molecule has 0 N–H and O–H groups in total. The van der Waals surface area contributed by atoms with Gasteiger partial charge in [-0.15, -0.1) is 0 Å². The Kier molecular flexibility index (Phi) is 48.6. The van der Waals surface area contributed by atoms with Crippen LogP contribution in [-0.2, 0) is 28.6 Å². The second-order valence-corrected chi connectivity index (χ2v) is 20.3. The average molecular weight is 892 g/mol. The first-order chi connectivity index (χ1) is 30.8. The monoisotopic (exact) mass is 891 g/mol. The fourth-order valence-electron chi connectivity index (χ4n) is 8.66. The smallest absolute Gasteiger partial charge is 0.306 e. The predicted octanol–water partition coefficient (Wildman–Crippen LogP) is 18.5. The fourth-order valence-corrected chi connectivity index (χ4v) is 8.66. The van der Waals surface area contributed by atoms with Crippen LogP contribution in [-0.4, -0.2) is 37.2 Å². The molecule has 374 valence electrons. The Labute approximate surface area is 393 Å². The molecule has 0 fully saturated rings. The summed E-state index contributed by atoms with van der Waals surface area (Å²) in [6.07, 6.45) is 52.2. The number of esters is 3. The first-order valence-corrected chi connectivity index (χ1v) is 28.3. The van der Waals surface area contributed by atoms with E-state index in [4.69, 9.17) is 14.2 Å². The van der Waals surface area contributed by atoms with E-state index in [1.807, 2.05) is 0 Å². The molecule has 0 saturated heterocycles. The number of unbranched alkanes of at least 4 members (excludes halogenated alkanes) is 35. The third kappa shape index (κ3) is 49.7. The van der Waals surface area contributed by atoms with E-state index in [1.54, 1.807) is 0 Å².